The smallest absolute Gasteiger partial charge is 0.0431 e. The molecule has 0 radical (unpaired) electrons. The van der Waals surface area contributed by atoms with E-state index in [4.69, 9.17) is 5.11 Å². The summed E-state index contributed by atoms with van der Waals surface area (Å²) in [5.74, 6) is 0.863. The van der Waals surface area contributed by atoms with E-state index in [1.54, 1.807) is 0 Å². The van der Waals surface area contributed by atoms with Crippen molar-refractivity contribution in [1.82, 2.24) is 9.88 Å². The molecule has 3 heteroatoms. The second-order valence-corrected chi connectivity index (χ2v) is 6.09. The van der Waals surface area contributed by atoms with Gasteiger partial charge >= 0.3 is 0 Å². The predicted molar refractivity (Wildman–Crippen MR) is 83.7 cm³/mol. The lowest BCUT2D eigenvalue weighted by molar-refractivity contribution is 0.282. The van der Waals surface area contributed by atoms with Gasteiger partial charge in [-0.2, -0.15) is 0 Å². The number of rotatable bonds is 11. The number of nitrogens with one attached hydrogen (secondary N) is 1. The van der Waals surface area contributed by atoms with Gasteiger partial charge in [0.15, 0.2) is 0 Å². The van der Waals surface area contributed by atoms with E-state index < -0.39 is 0 Å². The van der Waals surface area contributed by atoms with Crippen molar-refractivity contribution in [1.29, 1.82) is 0 Å². The van der Waals surface area contributed by atoms with Gasteiger partial charge < -0.3 is 15.0 Å². The molecule has 2 N–H and O–H groups in total. The highest BCUT2D eigenvalue weighted by Gasteiger charge is 2.32. The molecule has 114 valence electrons. The topological polar surface area (TPSA) is 37.2 Å². The maximum atomic E-state index is 8.76. The van der Waals surface area contributed by atoms with Crippen LogP contribution in [-0.2, 0) is 6.54 Å². The Morgan fingerprint density at radius 1 is 1.30 bits per heavy atom. The number of unbranched alkanes of at least 4 members (excludes halogenated alkanes) is 3. The number of aliphatic hydroxyl groups is 1. The fourth-order valence-electron chi connectivity index (χ4n) is 2.83. The van der Waals surface area contributed by atoms with E-state index in [0.717, 1.165) is 31.8 Å². The minimum absolute atomic E-state index is 0.333. The molecular formula is C17H30N2O. The van der Waals surface area contributed by atoms with Crippen LogP contribution in [0.25, 0.3) is 0 Å². The van der Waals surface area contributed by atoms with E-state index >= 15 is 0 Å². The highest BCUT2D eigenvalue weighted by atomic mass is 16.2. The predicted octanol–water partition coefficient (Wildman–Crippen LogP) is 3.49. The van der Waals surface area contributed by atoms with Gasteiger partial charge in [-0.3, -0.25) is 0 Å². The Morgan fingerprint density at radius 2 is 2.10 bits per heavy atom. The van der Waals surface area contributed by atoms with Crippen LogP contribution in [0.4, 0.5) is 0 Å². The molecule has 1 aliphatic rings. The van der Waals surface area contributed by atoms with Crippen LogP contribution in [0.15, 0.2) is 18.5 Å². The summed E-state index contributed by atoms with van der Waals surface area (Å²) in [6.45, 7) is 4.79. The Morgan fingerprint density at radius 3 is 2.80 bits per heavy atom. The monoisotopic (exact) mass is 278 g/mol. The van der Waals surface area contributed by atoms with Crippen LogP contribution in [0.1, 0.15) is 63.5 Å². The SMILES string of the molecule is CCCNC(c1ccn(CCCCCCO)c1)C1CC1. The Hall–Kier alpha value is -0.800. The van der Waals surface area contributed by atoms with E-state index in [1.165, 1.54) is 37.7 Å². The van der Waals surface area contributed by atoms with Gasteiger partial charge in [-0.25, -0.2) is 0 Å². The first kappa shape index (κ1) is 15.6. The molecule has 0 aliphatic heterocycles. The third kappa shape index (κ3) is 4.95. The average Bonchev–Trinajstić information content (AvgIpc) is 3.18. The zero-order chi connectivity index (χ0) is 14.2. The molecule has 2 rings (SSSR count). The van der Waals surface area contributed by atoms with Gasteiger partial charge in [0.1, 0.15) is 0 Å². The fraction of sp³-hybridized carbons (Fsp3) is 0.765. The summed E-state index contributed by atoms with van der Waals surface area (Å²) in [6.07, 6.45) is 13.0. The molecule has 1 aliphatic carbocycles. The summed E-state index contributed by atoms with van der Waals surface area (Å²) in [6, 6.07) is 2.87. The zero-order valence-electron chi connectivity index (χ0n) is 12.9. The fourth-order valence-corrected chi connectivity index (χ4v) is 2.83. The zero-order valence-corrected chi connectivity index (χ0v) is 12.9. The molecule has 0 amide bonds. The van der Waals surface area contributed by atoms with E-state index in [0.29, 0.717) is 12.6 Å². The van der Waals surface area contributed by atoms with Gasteiger partial charge in [0.2, 0.25) is 0 Å². The molecule has 3 nitrogen and oxygen atoms in total. The molecule has 1 heterocycles. The maximum absolute atomic E-state index is 8.76. The summed E-state index contributed by atoms with van der Waals surface area (Å²) in [4.78, 5) is 0. The summed E-state index contributed by atoms with van der Waals surface area (Å²) < 4.78 is 2.33. The van der Waals surface area contributed by atoms with Gasteiger partial charge in [-0.05, 0) is 56.2 Å². The van der Waals surface area contributed by atoms with Gasteiger partial charge in [-0.15, -0.1) is 0 Å². The van der Waals surface area contributed by atoms with Crippen molar-refractivity contribution in [2.45, 2.75) is 64.5 Å². The highest BCUT2D eigenvalue weighted by molar-refractivity contribution is 5.18. The Labute approximate surface area is 123 Å². The van der Waals surface area contributed by atoms with E-state index in [-0.39, 0.29) is 0 Å². The minimum atomic E-state index is 0.333. The highest BCUT2D eigenvalue weighted by Crippen LogP contribution is 2.41. The summed E-state index contributed by atoms with van der Waals surface area (Å²) in [5, 5.41) is 12.5. The third-order valence-corrected chi connectivity index (χ3v) is 4.16. The van der Waals surface area contributed by atoms with E-state index in [1.807, 2.05) is 0 Å². The van der Waals surface area contributed by atoms with Crippen LogP contribution in [0.5, 0.6) is 0 Å². The van der Waals surface area contributed by atoms with Gasteiger partial charge in [0, 0.05) is 31.6 Å². The van der Waals surface area contributed by atoms with Gasteiger partial charge in [-0.1, -0.05) is 19.8 Å². The molecule has 0 bridgehead atoms. The maximum Gasteiger partial charge on any atom is 0.0431 e. The molecule has 1 aromatic rings. The molecule has 1 aromatic heterocycles. The average molecular weight is 278 g/mol. The lowest BCUT2D eigenvalue weighted by atomic mass is 10.1. The van der Waals surface area contributed by atoms with Crippen LogP contribution >= 0.6 is 0 Å². The number of nitrogens with zero attached hydrogens (tertiary/aromatic N) is 1. The molecule has 1 unspecified atom stereocenters. The third-order valence-electron chi connectivity index (χ3n) is 4.16. The lowest BCUT2D eigenvalue weighted by Gasteiger charge is -2.16. The van der Waals surface area contributed by atoms with Crippen LogP contribution in [0.3, 0.4) is 0 Å². The van der Waals surface area contributed by atoms with Gasteiger partial charge in [0.05, 0.1) is 0 Å². The first-order valence-corrected chi connectivity index (χ1v) is 8.35. The van der Waals surface area contributed by atoms with E-state index in [9.17, 15) is 0 Å². The summed E-state index contributed by atoms with van der Waals surface area (Å²) in [5.41, 5.74) is 1.47. The normalized spacial score (nSPS) is 16.5. The molecule has 20 heavy (non-hydrogen) atoms. The first-order valence-electron chi connectivity index (χ1n) is 8.35. The van der Waals surface area contributed by atoms with Crippen molar-refractivity contribution < 1.29 is 5.11 Å². The largest absolute Gasteiger partial charge is 0.396 e. The summed E-state index contributed by atoms with van der Waals surface area (Å²) >= 11 is 0. The Kier molecular flexibility index (Phi) is 6.61. The molecule has 0 saturated heterocycles. The molecule has 1 saturated carbocycles. The van der Waals surface area contributed by atoms with E-state index in [2.05, 4.69) is 35.3 Å². The number of hydrogen-bond donors (Lipinski definition) is 2. The molecular weight excluding hydrogens is 248 g/mol. The molecule has 0 spiro atoms. The second kappa shape index (κ2) is 8.48. The Bertz CT molecular complexity index is 371. The lowest BCUT2D eigenvalue weighted by Crippen LogP contribution is -2.23. The number of aromatic nitrogens is 1. The minimum Gasteiger partial charge on any atom is -0.396 e. The van der Waals surface area contributed by atoms with Crippen molar-refractivity contribution in [3.8, 4) is 0 Å². The molecule has 1 atom stereocenters. The molecule has 0 aromatic carbocycles. The number of aryl methyl sites for hydroxylation is 1. The second-order valence-electron chi connectivity index (χ2n) is 6.09. The first-order chi connectivity index (χ1) is 9.85. The van der Waals surface area contributed by atoms with Crippen LogP contribution in [-0.4, -0.2) is 22.8 Å². The van der Waals surface area contributed by atoms with Crippen LogP contribution < -0.4 is 5.32 Å². The van der Waals surface area contributed by atoms with Crippen molar-refractivity contribution in [3.05, 3.63) is 24.0 Å². The van der Waals surface area contributed by atoms with Crippen molar-refractivity contribution >= 4 is 0 Å². The van der Waals surface area contributed by atoms with Crippen molar-refractivity contribution in [2.75, 3.05) is 13.2 Å². The molecule has 1 fully saturated rings. The van der Waals surface area contributed by atoms with Crippen LogP contribution in [0.2, 0.25) is 0 Å². The number of hydrogen-bond acceptors (Lipinski definition) is 2. The van der Waals surface area contributed by atoms with Crippen molar-refractivity contribution in [3.63, 3.8) is 0 Å². The van der Waals surface area contributed by atoms with Crippen molar-refractivity contribution in [2.24, 2.45) is 5.92 Å². The van der Waals surface area contributed by atoms with Crippen LogP contribution in [0, 0.1) is 5.92 Å². The quantitative estimate of drug-likeness (QED) is 0.608. The number of aliphatic hydroxyl groups excluding tert-OH is 1. The van der Waals surface area contributed by atoms with Gasteiger partial charge in [0.25, 0.3) is 0 Å². The standard InChI is InChI=1S/C17H30N2O/c1-2-10-18-17(15-7-8-15)16-9-12-19(14-16)11-5-3-4-6-13-20/h9,12,14-15,17-18,20H,2-8,10-11,13H2,1H3. The Balaban J connectivity index is 1.77. The summed E-state index contributed by atoms with van der Waals surface area (Å²) in [7, 11) is 0.